The molecule has 0 amide bonds. The number of nitrogens with zero attached hydrogens (tertiary/aromatic N) is 2. The van der Waals surface area contributed by atoms with Crippen molar-refractivity contribution < 1.29 is 9.53 Å². The Kier molecular flexibility index (Phi) is 4.75. The van der Waals surface area contributed by atoms with E-state index >= 15 is 0 Å². The average molecular weight is 237 g/mol. The standard InChI is InChI=1S/C12H19N3O2/c1-5-9(12(16)17-4)14-10-8-13-7-6-11(10)15(2)3/h6-9,14H,5H2,1-4H3. The fraction of sp³-hybridized carbons (Fsp3) is 0.500. The Morgan fingerprint density at radius 1 is 1.59 bits per heavy atom. The van der Waals surface area contributed by atoms with Crippen molar-refractivity contribution in [1.82, 2.24) is 4.98 Å². The molecule has 1 aromatic heterocycles. The van der Waals surface area contributed by atoms with Gasteiger partial charge >= 0.3 is 5.97 Å². The first-order chi connectivity index (χ1) is 8.10. The summed E-state index contributed by atoms with van der Waals surface area (Å²) >= 11 is 0. The average Bonchev–Trinajstić information content (AvgIpc) is 2.35. The number of ether oxygens (including phenoxy) is 1. The van der Waals surface area contributed by atoms with Crippen LogP contribution in [0.3, 0.4) is 0 Å². The van der Waals surface area contributed by atoms with Gasteiger partial charge < -0.3 is 15.0 Å². The number of hydrogen-bond donors (Lipinski definition) is 1. The Hall–Kier alpha value is -1.78. The number of carbonyl (C=O) groups is 1. The summed E-state index contributed by atoms with van der Waals surface area (Å²) < 4.78 is 4.74. The highest BCUT2D eigenvalue weighted by molar-refractivity contribution is 5.81. The van der Waals surface area contributed by atoms with Crippen molar-refractivity contribution in [1.29, 1.82) is 0 Å². The molecule has 0 bridgehead atoms. The van der Waals surface area contributed by atoms with Crippen LogP contribution < -0.4 is 10.2 Å². The third kappa shape index (κ3) is 3.34. The number of hydrogen-bond acceptors (Lipinski definition) is 5. The van der Waals surface area contributed by atoms with Crippen molar-refractivity contribution in [2.45, 2.75) is 19.4 Å². The zero-order valence-electron chi connectivity index (χ0n) is 10.7. The van der Waals surface area contributed by atoms with E-state index in [0.29, 0.717) is 6.42 Å². The monoisotopic (exact) mass is 237 g/mol. The molecule has 0 spiro atoms. The SMILES string of the molecule is CCC(Nc1cnccc1N(C)C)C(=O)OC. The van der Waals surface area contributed by atoms with Gasteiger partial charge in [-0.2, -0.15) is 0 Å². The summed E-state index contributed by atoms with van der Waals surface area (Å²) in [5.74, 6) is -0.263. The molecule has 0 radical (unpaired) electrons. The Bertz CT molecular complexity index is 380. The van der Waals surface area contributed by atoms with Crippen LogP contribution in [-0.2, 0) is 9.53 Å². The Morgan fingerprint density at radius 3 is 2.82 bits per heavy atom. The summed E-state index contributed by atoms with van der Waals surface area (Å²) in [5.41, 5.74) is 1.82. The van der Waals surface area contributed by atoms with Crippen LogP contribution >= 0.6 is 0 Å². The first kappa shape index (κ1) is 13.3. The van der Waals surface area contributed by atoms with E-state index in [0.717, 1.165) is 11.4 Å². The molecule has 0 aliphatic rings. The quantitative estimate of drug-likeness (QED) is 0.787. The number of pyridine rings is 1. The molecule has 0 saturated carbocycles. The summed E-state index contributed by atoms with van der Waals surface area (Å²) in [7, 11) is 5.28. The fourth-order valence-corrected chi connectivity index (χ4v) is 1.55. The second-order valence-electron chi connectivity index (χ2n) is 3.92. The van der Waals surface area contributed by atoms with E-state index < -0.39 is 0 Å². The van der Waals surface area contributed by atoms with Gasteiger partial charge in [-0.1, -0.05) is 6.92 Å². The van der Waals surface area contributed by atoms with E-state index in [1.165, 1.54) is 7.11 Å². The maximum absolute atomic E-state index is 11.5. The minimum absolute atomic E-state index is 0.263. The van der Waals surface area contributed by atoms with E-state index in [1.54, 1.807) is 12.4 Å². The van der Waals surface area contributed by atoms with Crippen LogP contribution in [0.25, 0.3) is 0 Å². The lowest BCUT2D eigenvalue weighted by atomic mass is 10.2. The third-order valence-corrected chi connectivity index (χ3v) is 2.50. The number of carbonyl (C=O) groups excluding carboxylic acids is 1. The van der Waals surface area contributed by atoms with Crippen LogP contribution in [0.5, 0.6) is 0 Å². The molecule has 0 aromatic carbocycles. The van der Waals surface area contributed by atoms with Crippen LogP contribution in [0, 0.1) is 0 Å². The van der Waals surface area contributed by atoms with Crippen molar-refractivity contribution in [3.05, 3.63) is 18.5 Å². The van der Waals surface area contributed by atoms with Crippen molar-refractivity contribution in [2.75, 3.05) is 31.4 Å². The Morgan fingerprint density at radius 2 is 2.29 bits per heavy atom. The predicted octanol–water partition coefficient (Wildman–Crippen LogP) is 1.51. The van der Waals surface area contributed by atoms with Crippen LogP contribution in [0.4, 0.5) is 11.4 Å². The molecule has 94 valence electrons. The van der Waals surface area contributed by atoms with Gasteiger partial charge in [0.2, 0.25) is 0 Å². The van der Waals surface area contributed by atoms with Crippen molar-refractivity contribution in [3.63, 3.8) is 0 Å². The Labute approximate surface area is 102 Å². The molecular formula is C12H19N3O2. The molecule has 1 atom stereocenters. The molecule has 0 aliphatic heterocycles. The van der Waals surface area contributed by atoms with E-state index in [9.17, 15) is 4.79 Å². The van der Waals surface area contributed by atoms with Crippen LogP contribution in [0.15, 0.2) is 18.5 Å². The normalized spacial score (nSPS) is 11.8. The largest absolute Gasteiger partial charge is 0.467 e. The van der Waals surface area contributed by atoms with Gasteiger partial charge in [-0.05, 0) is 12.5 Å². The lowest BCUT2D eigenvalue weighted by Crippen LogP contribution is -2.30. The van der Waals surface area contributed by atoms with Gasteiger partial charge in [-0.3, -0.25) is 4.98 Å². The van der Waals surface area contributed by atoms with Crippen molar-refractivity contribution >= 4 is 17.3 Å². The summed E-state index contributed by atoms with van der Waals surface area (Å²) in [6.07, 6.45) is 4.09. The zero-order chi connectivity index (χ0) is 12.8. The molecule has 5 nitrogen and oxygen atoms in total. The lowest BCUT2D eigenvalue weighted by molar-refractivity contribution is -0.141. The van der Waals surface area contributed by atoms with Gasteiger partial charge in [-0.25, -0.2) is 4.79 Å². The predicted molar refractivity (Wildman–Crippen MR) is 68.3 cm³/mol. The maximum Gasteiger partial charge on any atom is 0.328 e. The van der Waals surface area contributed by atoms with Crippen LogP contribution in [0.1, 0.15) is 13.3 Å². The molecule has 0 aliphatic carbocycles. The van der Waals surface area contributed by atoms with Gasteiger partial charge in [0, 0.05) is 20.3 Å². The molecule has 5 heteroatoms. The first-order valence-corrected chi connectivity index (χ1v) is 5.55. The molecule has 0 fully saturated rings. The zero-order valence-corrected chi connectivity index (χ0v) is 10.7. The second kappa shape index (κ2) is 6.08. The van der Waals surface area contributed by atoms with Crippen molar-refractivity contribution in [3.8, 4) is 0 Å². The fourth-order valence-electron chi connectivity index (χ4n) is 1.55. The minimum Gasteiger partial charge on any atom is -0.467 e. The molecule has 1 aromatic rings. The number of rotatable bonds is 5. The number of anilines is 2. The summed E-state index contributed by atoms with van der Waals surface area (Å²) in [5, 5.41) is 3.15. The molecular weight excluding hydrogens is 218 g/mol. The first-order valence-electron chi connectivity index (χ1n) is 5.55. The van der Waals surface area contributed by atoms with Crippen LogP contribution in [-0.4, -0.2) is 38.2 Å². The Balaban J connectivity index is 2.89. The number of nitrogens with one attached hydrogen (secondary N) is 1. The minimum atomic E-state index is -0.345. The molecule has 1 rings (SSSR count). The van der Waals surface area contributed by atoms with Gasteiger partial charge in [0.25, 0.3) is 0 Å². The number of methoxy groups -OCH3 is 1. The van der Waals surface area contributed by atoms with Crippen molar-refractivity contribution in [2.24, 2.45) is 0 Å². The highest BCUT2D eigenvalue weighted by Crippen LogP contribution is 2.23. The second-order valence-corrected chi connectivity index (χ2v) is 3.92. The summed E-state index contributed by atoms with van der Waals surface area (Å²) in [4.78, 5) is 17.5. The topological polar surface area (TPSA) is 54.5 Å². The number of aromatic nitrogens is 1. The lowest BCUT2D eigenvalue weighted by Gasteiger charge is -2.21. The van der Waals surface area contributed by atoms with Gasteiger partial charge in [0.15, 0.2) is 0 Å². The highest BCUT2D eigenvalue weighted by atomic mass is 16.5. The van der Waals surface area contributed by atoms with Crippen LogP contribution in [0.2, 0.25) is 0 Å². The van der Waals surface area contributed by atoms with Gasteiger partial charge in [-0.15, -0.1) is 0 Å². The third-order valence-electron chi connectivity index (χ3n) is 2.50. The molecule has 1 N–H and O–H groups in total. The van der Waals surface area contributed by atoms with Gasteiger partial charge in [0.05, 0.1) is 24.7 Å². The smallest absolute Gasteiger partial charge is 0.328 e. The van der Waals surface area contributed by atoms with E-state index in [-0.39, 0.29) is 12.0 Å². The van der Waals surface area contributed by atoms with E-state index in [2.05, 4.69) is 10.3 Å². The van der Waals surface area contributed by atoms with Gasteiger partial charge in [0.1, 0.15) is 6.04 Å². The summed E-state index contributed by atoms with van der Waals surface area (Å²) in [6, 6.07) is 1.55. The molecule has 1 unspecified atom stereocenters. The number of esters is 1. The highest BCUT2D eigenvalue weighted by Gasteiger charge is 2.18. The molecule has 1 heterocycles. The summed E-state index contributed by atoms with van der Waals surface area (Å²) in [6.45, 7) is 1.93. The molecule has 17 heavy (non-hydrogen) atoms. The van der Waals surface area contributed by atoms with E-state index in [1.807, 2.05) is 32.0 Å². The van der Waals surface area contributed by atoms with E-state index in [4.69, 9.17) is 4.74 Å². The molecule has 0 saturated heterocycles. The maximum atomic E-state index is 11.5.